The molecular formula is C26H37N5O3. The van der Waals surface area contributed by atoms with Crippen molar-refractivity contribution >= 4 is 17.7 Å². The van der Waals surface area contributed by atoms with E-state index in [1.807, 2.05) is 32.4 Å². The van der Waals surface area contributed by atoms with Gasteiger partial charge in [0.1, 0.15) is 11.9 Å². The largest absolute Gasteiger partial charge is 0.456 e. The Kier molecular flexibility index (Phi) is 8.19. The molecule has 1 fully saturated rings. The lowest BCUT2D eigenvalue weighted by atomic mass is 10.1. The summed E-state index contributed by atoms with van der Waals surface area (Å²) < 4.78 is 9.33. The number of esters is 1. The molecule has 8 nitrogen and oxygen atoms in total. The van der Waals surface area contributed by atoms with Gasteiger partial charge in [0.2, 0.25) is 0 Å². The second kappa shape index (κ2) is 10.9. The number of rotatable bonds is 9. The van der Waals surface area contributed by atoms with E-state index in [-0.39, 0.29) is 19.1 Å². The summed E-state index contributed by atoms with van der Waals surface area (Å²) in [4.78, 5) is 25.0. The van der Waals surface area contributed by atoms with Gasteiger partial charge >= 0.3 is 5.97 Å². The molecule has 1 N–H and O–H groups in total. The number of nitriles is 1. The zero-order chi connectivity index (χ0) is 25.0. The van der Waals surface area contributed by atoms with Crippen molar-refractivity contribution in [3.8, 4) is 6.07 Å². The van der Waals surface area contributed by atoms with Crippen LogP contribution in [0, 0.1) is 44.9 Å². The van der Waals surface area contributed by atoms with E-state index in [1.165, 1.54) is 0 Å². The van der Waals surface area contributed by atoms with Crippen molar-refractivity contribution < 1.29 is 14.3 Å². The molecule has 0 aliphatic heterocycles. The van der Waals surface area contributed by atoms with Crippen LogP contribution in [-0.4, -0.2) is 32.8 Å². The molecule has 0 bridgehead atoms. The maximum Gasteiger partial charge on any atom is 0.306 e. The molecule has 0 saturated heterocycles. The second-order valence-electron chi connectivity index (χ2n) is 9.79. The highest BCUT2D eigenvalue weighted by molar-refractivity contribution is 5.93. The lowest BCUT2D eigenvalue weighted by Crippen LogP contribution is -2.24. The first-order valence-electron chi connectivity index (χ1n) is 12.2. The van der Waals surface area contributed by atoms with Gasteiger partial charge < -0.3 is 14.6 Å². The summed E-state index contributed by atoms with van der Waals surface area (Å²) in [6.07, 6.45) is 5.06. The molecule has 1 aliphatic carbocycles. The number of carbonyl (C=O) groups excluding carboxylic acids is 2. The number of anilines is 1. The summed E-state index contributed by atoms with van der Waals surface area (Å²) in [6.45, 7) is 12.6. The summed E-state index contributed by atoms with van der Waals surface area (Å²) in [6, 6.07) is 2.51. The summed E-state index contributed by atoms with van der Waals surface area (Å²) in [5.41, 5.74) is 5.41. The van der Waals surface area contributed by atoms with Gasteiger partial charge in [0.05, 0.1) is 11.3 Å². The van der Waals surface area contributed by atoms with Crippen LogP contribution in [0.3, 0.4) is 0 Å². The number of amides is 1. The van der Waals surface area contributed by atoms with Crippen LogP contribution in [0.1, 0.15) is 85.8 Å². The van der Waals surface area contributed by atoms with Crippen LogP contribution in [0.2, 0.25) is 0 Å². The van der Waals surface area contributed by atoms with Gasteiger partial charge in [-0.05, 0) is 64.0 Å². The van der Waals surface area contributed by atoms with Gasteiger partial charge in [-0.2, -0.15) is 10.4 Å². The van der Waals surface area contributed by atoms with E-state index in [0.29, 0.717) is 23.7 Å². The number of nitrogens with zero attached hydrogens (tertiary/aromatic N) is 4. The van der Waals surface area contributed by atoms with Gasteiger partial charge in [0.25, 0.3) is 5.91 Å². The number of carbonyl (C=O) groups is 2. The van der Waals surface area contributed by atoms with Crippen molar-refractivity contribution in [1.29, 1.82) is 5.26 Å². The molecule has 2 heterocycles. The standard InChI is InChI=1S/C26H37N5O3/c1-16(2)14-30-20(6)22(18(4)29-30)11-12-25(33)34-15-24(32)28-26-23(13-27)17(3)19(5)31(26)21-9-7-8-10-21/h16,21H,7-12,14-15H2,1-6H3,(H,28,32). The maximum atomic E-state index is 12.6. The minimum atomic E-state index is -0.432. The Morgan fingerprint density at radius 1 is 1.18 bits per heavy atom. The van der Waals surface area contributed by atoms with E-state index in [9.17, 15) is 14.9 Å². The number of aromatic nitrogens is 3. The van der Waals surface area contributed by atoms with Crippen molar-refractivity contribution in [2.45, 2.75) is 92.7 Å². The minimum absolute atomic E-state index is 0.183. The van der Waals surface area contributed by atoms with E-state index in [0.717, 1.165) is 60.4 Å². The molecule has 0 unspecified atom stereocenters. The molecule has 1 aliphatic rings. The quantitative estimate of drug-likeness (QED) is 0.540. The van der Waals surface area contributed by atoms with Crippen LogP contribution < -0.4 is 5.32 Å². The van der Waals surface area contributed by atoms with Crippen LogP contribution in [0.5, 0.6) is 0 Å². The van der Waals surface area contributed by atoms with Crippen molar-refractivity contribution in [3.63, 3.8) is 0 Å². The third-order valence-electron chi connectivity index (χ3n) is 6.83. The number of aryl methyl sites for hydroxylation is 1. The van der Waals surface area contributed by atoms with Gasteiger partial charge in [-0.3, -0.25) is 14.3 Å². The fourth-order valence-electron chi connectivity index (χ4n) is 4.94. The second-order valence-corrected chi connectivity index (χ2v) is 9.79. The molecule has 2 aromatic heterocycles. The predicted octanol–water partition coefficient (Wildman–Crippen LogP) is 4.68. The van der Waals surface area contributed by atoms with E-state index in [2.05, 4.69) is 34.9 Å². The highest BCUT2D eigenvalue weighted by atomic mass is 16.5. The van der Waals surface area contributed by atoms with Crippen LogP contribution in [0.15, 0.2) is 0 Å². The molecule has 0 spiro atoms. The molecule has 34 heavy (non-hydrogen) atoms. The average molecular weight is 468 g/mol. The van der Waals surface area contributed by atoms with Gasteiger partial charge in [0.15, 0.2) is 6.61 Å². The van der Waals surface area contributed by atoms with E-state index >= 15 is 0 Å². The van der Waals surface area contributed by atoms with E-state index < -0.39 is 11.9 Å². The van der Waals surface area contributed by atoms with Gasteiger partial charge in [-0.25, -0.2) is 0 Å². The fraction of sp³-hybridized carbons (Fsp3) is 0.615. The molecule has 2 aromatic rings. The molecule has 0 radical (unpaired) electrons. The SMILES string of the molecule is Cc1nn(CC(C)C)c(C)c1CCC(=O)OCC(=O)Nc1c(C#N)c(C)c(C)n1C1CCCC1. The number of hydrogen-bond donors (Lipinski definition) is 1. The zero-order valence-electron chi connectivity index (χ0n) is 21.3. The molecule has 184 valence electrons. The van der Waals surface area contributed by atoms with Crippen molar-refractivity contribution in [2.75, 3.05) is 11.9 Å². The number of nitrogens with one attached hydrogen (secondary N) is 1. The highest BCUT2D eigenvalue weighted by Gasteiger charge is 2.27. The Labute approximate surface area is 202 Å². The third kappa shape index (κ3) is 5.52. The van der Waals surface area contributed by atoms with Crippen LogP contribution in [-0.2, 0) is 27.3 Å². The summed E-state index contributed by atoms with van der Waals surface area (Å²) >= 11 is 0. The lowest BCUT2D eigenvalue weighted by molar-refractivity contribution is -0.147. The zero-order valence-corrected chi connectivity index (χ0v) is 21.3. The maximum absolute atomic E-state index is 12.6. The number of hydrogen-bond acceptors (Lipinski definition) is 5. The Hall–Kier alpha value is -3.08. The van der Waals surface area contributed by atoms with Crippen LogP contribution >= 0.6 is 0 Å². The van der Waals surface area contributed by atoms with Crippen LogP contribution in [0.25, 0.3) is 0 Å². The van der Waals surface area contributed by atoms with Crippen molar-refractivity contribution in [3.05, 3.63) is 33.8 Å². The Morgan fingerprint density at radius 3 is 2.47 bits per heavy atom. The van der Waals surface area contributed by atoms with Gasteiger partial charge in [-0.1, -0.05) is 26.7 Å². The Bertz CT molecular complexity index is 1100. The van der Waals surface area contributed by atoms with E-state index in [4.69, 9.17) is 4.74 Å². The number of ether oxygens (including phenoxy) is 1. The first-order valence-corrected chi connectivity index (χ1v) is 12.2. The fourth-order valence-corrected chi connectivity index (χ4v) is 4.94. The predicted molar refractivity (Wildman–Crippen MR) is 131 cm³/mol. The summed E-state index contributed by atoms with van der Waals surface area (Å²) in [7, 11) is 0. The van der Waals surface area contributed by atoms with Gasteiger partial charge in [-0.15, -0.1) is 0 Å². The molecular weight excluding hydrogens is 430 g/mol. The monoisotopic (exact) mass is 467 g/mol. The normalized spacial score (nSPS) is 13.9. The highest BCUT2D eigenvalue weighted by Crippen LogP contribution is 2.37. The Balaban J connectivity index is 1.59. The third-order valence-corrected chi connectivity index (χ3v) is 6.83. The molecule has 8 heteroatoms. The first kappa shape index (κ1) is 25.5. The topological polar surface area (TPSA) is 102 Å². The van der Waals surface area contributed by atoms with Gasteiger partial charge in [0, 0.05) is 30.4 Å². The molecule has 0 aromatic carbocycles. The minimum Gasteiger partial charge on any atom is -0.456 e. The molecule has 1 amide bonds. The smallest absolute Gasteiger partial charge is 0.306 e. The first-order chi connectivity index (χ1) is 16.1. The summed E-state index contributed by atoms with van der Waals surface area (Å²) in [5.74, 6) is 0.149. The van der Waals surface area contributed by atoms with Crippen molar-refractivity contribution in [1.82, 2.24) is 14.3 Å². The molecule has 0 atom stereocenters. The molecule has 3 rings (SSSR count). The summed E-state index contributed by atoms with van der Waals surface area (Å²) in [5, 5.41) is 17.1. The van der Waals surface area contributed by atoms with Crippen LogP contribution in [0.4, 0.5) is 5.82 Å². The van der Waals surface area contributed by atoms with E-state index in [1.54, 1.807) is 0 Å². The Morgan fingerprint density at radius 2 is 1.85 bits per heavy atom. The van der Waals surface area contributed by atoms with Crippen molar-refractivity contribution in [2.24, 2.45) is 5.92 Å². The average Bonchev–Trinajstić information content (AvgIpc) is 3.44. The lowest BCUT2D eigenvalue weighted by Gasteiger charge is -2.19. The molecule has 1 saturated carbocycles.